The van der Waals surface area contributed by atoms with Crippen LogP contribution >= 0.6 is 0 Å². The lowest BCUT2D eigenvalue weighted by Crippen LogP contribution is -2.19. The number of H-pyrrole nitrogens is 1. The Morgan fingerprint density at radius 3 is 3.00 bits per heavy atom. The number of rotatable bonds is 2. The van der Waals surface area contributed by atoms with Crippen molar-refractivity contribution in [3.05, 3.63) is 16.4 Å². The van der Waals surface area contributed by atoms with Crippen molar-refractivity contribution in [2.45, 2.75) is 0 Å². The Morgan fingerprint density at radius 1 is 1.73 bits per heavy atom. The second-order valence-corrected chi connectivity index (χ2v) is 1.89. The van der Waals surface area contributed by atoms with Gasteiger partial charge in [0.15, 0.2) is 0 Å². The van der Waals surface area contributed by atoms with E-state index < -0.39 is 0 Å². The maximum absolute atomic E-state index is 10.7. The summed E-state index contributed by atoms with van der Waals surface area (Å²) >= 11 is 0. The van der Waals surface area contributed by atoms with Gasteiger partial charge in [0, 0.05) is 13.1 Å². The number of nitrogens with zero attached hydrogens (tertiary/aromatic N) is 1. The van der Waals surface area contributed by atoms with E-state index in [1.165, 1.54) is 6.07 Å². The third-order valence-electron chi connectivity index (χ3n) is 1.01. The Labute approximate surface area is 62.8 Å². The van der Waals surface area contributed by atoms with Gasteiger partial charge in [-0.1, -0.05) is 0 Å². The van der Waals surface area contributed by atoms with E-state index >= 15 is 0 Å². The van der Waals surface area contributed by atoms with E-state index in [1.807, 2.05) is 0 Å². The van der Waals surface area contributed by atoms with Crippen molar-refractivity contribution in [1.29, 1.82) is 0 Å². The highest BCUT2D eigenvalue weighted by atomic mass is 16.1. The molecule has 0 bridgehead atoms. The SMILES string of the molecule is CNNc1cc(=O)[nH]c(N)n1. The van der Waals surface area contributed by atoms with Gasteiger partial charge in [0.25, 0.3) is 5.56 Å². The zero-order valence-electron chi connectivity index (χ0n) is 6.01. The molecule has 0 aromatic carbocycles. The normalized spacial score (nSPS) is 9.55. The second kappa shape index (κ2) is 3.02. The monoisotopic (exact) mass is 155 g/mol. The van der Waals surface area contributed by atoms with Gasteiger partial charge in [-0.05, 0) is 0 Å². The van der Waals surface area contributed by atoms with Gasteiger partial charge in [0.2, 0.25) is 5.95 Å². The molecule has 6 heteroatoms. The number of anilines is 2. The molecule has 0 fully saturated rings. The summed E-state index contributed by atoms with van der Waals surface area (Å²) in [6, 6.07) is 1.30. The first-order valence-corrected chi connectivity index (χ1v) is 3.02. The van der Waals surface area contributed by atoms with Crippen molar-refractivity contribution in [3.63, 3.8) is 0 Å². The molecule has 1 heterocycles. The zero-order chi connectivity index (χ0) is 8.27. The maximum atomic E-state index is 10.7. The van der Waals surface area contributed by atoms with Crippen LogP contribution in [0.4, 0.5) is 11.8 Å². The molecule has 1 aromatic rings. The van der Waals surface area contributed by atoms with Crippen LogP contribution in [0.2, 0.25) is 0 Å². The van der Waals surface area contributed by atoms with E-state index in [9.17, 15) is 4.79 Å². The molecule has 0 spiro atoms. The van der Waals surface area contributed by atoms with E-state index in [0.717, 1.165) is 0 Å². The van der Waals surface area contributed by atoms with E-state index in [0.29, 0.717) is 5.82 Å². The summed E-state index contributed by atoms with van der Waals surface area (Å²) < 4.78 is 0. The molecule has 11 heavy (non-hydrogen) atoms. The van der Waals surface area contributed by atoms with Gasteiger partial charge in [-0.15, -0.1) is 0 Å². The van der Waals surface area contributed by atoms with Crippen molar-refractivity contribution < 1.29 is 0 Å². The number of nitrogens with one attached hydrogen (secondary N) is 3. The van der Waals surface area contributed by atoms with Crippen LogP contribution in [0.15, 0.2) is 10.9 Å². The molecule has 0 aliphatic heterocycles. The summed E-state index contributed by atoms with van der Waals surface area (Å²) in [5.74, 6) is 0.490. The Balaban J connectivity index is 2.99. The second-order valence-electron chi connectivity index (χ2n) is 1.89. The van der Waals surface area contributed by atoms with Crippen LogP contribution < -0.4 is 22.1 Å². The first-order valence-electron chi connectivity index (χ1n) is 3.02. The van der Waals surface area contributed by atoms with Gasteiger partial charge < -0.3 is 11.2 Å². The summed E-state index contributed by atoms with van der Waals surface area (Å²) in [6.07, 6.45) is 0. The van der Waals surface area contributed by atoms with E-state index in [1.54, 1.807) is 7.05 Å². The quantitative estimate of drug-likeness (QED) is 0.406. The van der Waals surface area contributed by atoms with Gasteiger partial charge in [-0.25, -0.2) is 5.43 Å². The molecule has 60 valence electrons. The minimum atomic E-state index is -0.282. The molecule has 1 rings (SSSR count). The van der Waals surface area contributed by atoms with E-state index in [2.05, 4.69) is 20.8 Å². The summed E-state index contributed by atoms with van der Waals surface area (Å²) in [7, 11) is 1.67. The summed E-state index contributed by atoms with van der Waals surface area (Å²) in [5.41, 5.74) is 10.2. The number of aromatic amines is 1. The molecule has 0 amide bonds. The minimum Gasteiger partial charge on any atom is -0.369 e. The Bertz CT molecular complexity index is 293. The minimum absolute atomic E-state index is 0.0928. The molecule has 5 N–H and O–H groups in total. The first-order chi connectivity index (χ1) is 5.22. The molecule has 0 aliphatic rings. The third kappa shape index (κ3) is 1.94. The molecule has 0 atom stereocenters. The van der Waals surface area contributed by atoms with E-state index in [-0.39, 0.29) is 11.5 Å². The molecular formula is C5H9N5O. The molecule has 0 aliphatic carbocycles. The lowest BCUT2D eigenvalue weighted by Gasteiger charge is -2.01. The summed E-state index contributed by atoms with van der Waals surface area (Å²) in [6.45, 7) is 0. The molecule has 6 nitrogen and oxygen atoms in total. The average Bonchev–Trinajstić information content (AvgIpc) is 1.85. The standard InChI is InChI=1S/C5H9N5O/c1-7-10-3-2-4(11)9-5(6)8-3/h2,7H,1H3,(H4,6,8,9,10,11). The number of nitrogen functional groups attached to an aromatic ring is 1. The number of hydrogen-bond acceptors (Lipinski definition) is 5. The lowest BCUT2D eigenvalue weighted by molar-refractivity contribution is 0.956. The Kier molecular flexibility index (Phi) is 2.07. The smallest absolute Gasteiger partial charge is 0.254 e. The lowest BCUT2D eigenvalue weighted by atomic mass is 10.6. The third-order valence-corrected chi connectivity index (χ3v) is 1.01. The summed E-state index contributed by atoms with van der Waals surface area (Å²) in [4.78, 5) is 16.8. The van der Waals surface area contributed by atoms with Crippen LogP contribution in [0.5, 0.6) is 0 Å². The first kappa shape index (κ1) is 7.55. The van der Waals surface area contributed by atoms with Gasteiger partial charge in [0.1, 0.15) is 5.82 Å². The van der Waals surface area contributed by atoms with Crippen molar-refractivity contribution in [3.8, 4) is 0 Å². The highest BCUT2D eigenvalue weighted by molar-refractivity contribution is 5.35. The van der Waals surface area contributed by atoms with Crippen LogP contribution in [-0.2, 0) is 0 Å². The van der Waals surface area contributed by atoms with Gasteiger partial charge in [-0.3, -0.25) is 9.78 Å². The average molecular weight is 155 g/mol. The van der Waals surface area contributed by atoms with Gasteiger partial charge in [0.05, 0.1) is 0 Å². The van der Waals surface area contributed by atoms with E-state index in [4.69, 9.17) is 5.73 Å². The Morgan fingerprint density at radius 2 is 2.45 bits per heavy atom. The highest BCUT2D eigenvalue weighted by Crippen LogP contribution is 1.95. The molecule has 0 saturated heterocycles. The highest BCUT2D eigenvalue weighted by Gasteiger charge is 1.94. The fourth-order valence-corrected chi connectivity index (χ4v) is 0.669. The molecule has 1 aromatic heterocycles. The number of hydrazine groups is 1. The van der Waals surface area contributed by atoms with Crippen LogP contribution in [-0.4, -0.2) is 17.0 Å². The maximum Gasteiger partial charge on any atom is 0.254 e. The fraction of sp³-hybridized carbons (Fsp3) is 0.200. The summed E-state index contributed by atoms with van der Waals surface area (Å²) in [5, 5.41) is 0. The van der Waals surface area contributed by atoms with Crippen molar-refractivity contribution >= 4 is 11.8 Å². The van der Waals surface area contributed by atoms with Crippen LogP contribution in [0.25, 0.3) is 0 Å². The fourth-order valence-electron chi connectivity index (χ4n) is 0.669. The van der Waals surface area contributed by atoms with Crippen molar-refractivity contribution in [2.24, 2.45) is 0 Å². The number of hydrogen-bond donors (Lipinski definition) is 4. The molecular weight excluding hydrogens is 146 g/mol. The molecule has 0 unspecified atom stereocenters. The predicted octanol–water partition coefficient (Wildman–Crippen LogP) is -1.10. The topological polar surface area (TPSA) is 95.8 Å². The molecule has 0 radical (unpaired) electrons. The van der Waals surface area contributed by atoms with Crippen LogP contribution in [0, 0.1) is 0 Å². The molecule has 0 saturated carbocycles. The van der Waals surface area contributed by atoms with Gasteiger partial charge in [-0.2, -0.15) is 4.98 Å². The largest absolute Gasteiger partial charge is 0.369 e. The number of aromatic nitrogens is 2. The predicted molar refractivity (Wildman–Crippen MR) is 42.0 cm³/mol. The Hall–Kier alpha value is -1.56. The number of nitrogens with two attached hydrogens (primary N) is 1. The van der Waals surface area contributed by atoms with Crippen molar-refractivity contribution in [2.75, 3.05) is 18.2 Å². The zero-order valence-corrected chi connectivity index (χ0v) is 6.01. The van der Waals surface area contributed by atoms with Gasteiger partial charge >= 0.3 is 0 Å². The van der Waals surface area contributed by atoms with Crippen LogP contribution in [0.1, 0.15) is 0 Å². The van der Waals surface area contributed by atoms with Crippen molar-refractivity contribution in [1.82, 2.24) is 15.4 Å². The van der Waals surface area contributed by atoms with Crippen LogP contribution in [0.3, 0.4) is 0 Å².